The Bertz CT molecular complexity index is 1030. The van der Waals surface area contributed by atoms with Crippen LogP contribution in [-0.2, 0) is 16.0 Å². The van der Waals surface area contributed by atoms with Gasteiger partial charge in [0.2, 0.25) is 0 Å². The van der Waals surface area contributed by atoms with E-state index in [9.17, 15) is 4.79 Å². The van der Waals surface area contributed by atoms with Crippen LogP contribution >= 0.6 is 15.9 Å². The Morgan fingerprint density at radius 3 is 2.28 bits per heavy atom. The van der Waals surface area contributed by atoms with Gasteiger partial charge in [-0.2, -0.15) is 0 Å². The lowest BCUT2D eigenvalue weighted by Crippen LogP contribution is -2.41. The highest BCUT2D eigenvalue weighted by Crippen LogP contribution is 2.24. The molecule has 1 atom stereocenters. The third-order valence-electron chi connectivity index (χ3n) is 4.57. The normalized spacial score (nSPS) is 14.1. The smallest absolute Gasteiger partial charge is 0.334 e. The number of hydrogen-bond acceptors (Lipinski definition) is 3. The molecule has 3 nitrogen and oxygen atoms in total. The second kappa shape index (κ2) is 8.50. The Labute approximate surface area is 180 Å². The summed E-state index contributed by atoms with van der Waals surface area (Å²) < 4.78 is 6.70. The van der Waals surface area contributed by atoms with Crippen LogP contribution in [0.15, 0.2) is 76.2 Å². The van der Waals surface area contributed by atoms with Gasteiger partial charge < -0.3 is 4.74 Å². The average molecular weight is 452 g/mol. The molecule has 0 aliphatic rings. The van der Waals surface area contributed by atoms with Crippen molar-refractivity contribution < 1.29 is 9.53 Å². The topological polar surface area (TPSA) is 38.7 Å². The van der Waals surface area contributed by atoms with E-state index in [-0.39, 0.29) is 5.97 Å². The van der Waals surface area contributed by atoms with Crippen LogP contribution in [0.1, 0.15) is 38.8 Å². The minimum absolute atomic E-state index is 0.329. The lowest BCUT2D eigenvalue weighted by molar-refractivity contribution is -0.160. The van der Waals surface area contributed by atoms with E-state index in [1.54, 1.807) is 6.21 Å². The molecule has 0 aliphatic heterocycles. The number of rotatable bonds is 5. The van der Waals surface area contributed by atoms with Gasteiger partial charge in [0.15, 0.2) is 5.54 Å². The van der Waals surface area contributed by atoms with Crippen molar-refractivity contribution in [3.63, 3.8) is 0 Å². The van der Waals surface area contributed by atoms with Crippen molar-refractivity contribution in [2.24, 2.45) is 4.99 Å². The molecule has 0 amide bonds. The van der Waals surface area contributed by atoms with E-state index in [0.29, 0.717) is 6.42 Å². The standard InChI is InChI=1S/C25H26BrNO2/c1-24(2,3)29-23(28)25(4,16-18-10-13-22(26)14-11-18)27-17-19-9-12-20-7-5-6-8-21(20)15-19/h5-15,17H,16H2,1-4H3/t25-/m0/s1. The fourth-order valence-corrected chi connectivity index (χ4v) is 3.33. The molecular formula is C25H26BrNO2. The van der Waals surface area contributed by atoms with Crippen LogP contribution in [0.25, 0.3) is 10.8 Å². The minimum Gasteiger partial charge on any atom is -0.458 e. The van der Waals surface area contributed by atoms with Crippen LogP contribution in [-0.4, -0.2) is 23.3 Å². The summed E-state index contributed by atoms with van der Waals surface area (Å²) in [4.78, 5) is 17.8. The van der Waals surface area contributed by atoms with Gasteiger partial charge in [0.05, 0.1) is 0 Å². The maximum atomic E-state index is 13.0. The number of nitrogens with zero attached hydrogens (tertiary/aromatic N) is 1. The zero-order valence-electron chi connectivity index (χ0n) is 17.3. The molecule has 4 heteroatoms. The van der Waals surface area contributed by atoms with Crippen LogP contribution in [0.3, 0.4) is 0 Å². The fraction of sp³-hybridized carbons (Fsp3) is 0.280. The molecule has 0 unspecified atom stereocenters. The Kier molecular flexibility index (Phi) is 6.23. The van der Waals surface area contributed by atoms with Gasteiger partial charge in [0.1, 0.15) is 5.60 Å². The van der Waals surface area contributed by atoms with Crippen molar-refractivity contribution in [2.45, 2.75) is 45.3 Å². The summed E-state index contributed by atoms with van der Waals surface area (Å²) >= 11 is 3.45. The molecule has 0 aromatic heterocycles. The van der Waals surface area contributed by atoms with Crippen LogP contribution in [0.5, 0.6) is 0 Å². The molecule has 0 aliphatic carbocycles. The Morgan fingerprint density at radius 2 is 1.62 bits per heavy atom. The molecule has 29 heavy (non-hydrogen) atoms. The number of ether oxygens (including phenoxy) is 1. The first-order valence-electron chi connectivity index (χ1n) is 9.67. The van der Waals surface area contributed by atoms with Crippen molar-refractivity contribution in [2.75, 3.05) is 0 Å². The molecular weight excluding hydrogens is 426 g/mol. The summed E-state index contributed by atoms with van der Waals surface area (Å²) in [5, 5.41) is 2.32. The van der Waals surface area contributed by atoms with E-state index in [2.05, 4.69) is 40.2 Å². The second-order valence-corrected chi connectivity index (χ2v) is 9.36. The highest BCUT2D eigenvalue weighted by Gasteiger charge is 2.36. The zero-order chi connectivity index (χ0) is 21.1. The summed E-state index contributed by atoms with van der Waals surface area (Å²) in [6.07, 6.45) is 2.23. The highest BCUT2D eigenvalue weighted by atomic mass is 79.9. The molecule has 0 bridgehead atoms. The van der Waals surface area contributed by atoms with Gasteiger partial charge in [-0.25, -0.2) is 4.79 Å². The van der Waals surface area contributed by atoms with E-state index in [1.807, 2.05) is 70.2 Å². The maximum Gasteiger partial charge on any atom is 0.334 e. The fourth-order valence-electron chi connectivity index (χ4n) is 3.06. The Hall–Kier alpha value is -2.46. The van der Waals surface area contributed by atoms with Gasteiger partial charge in [-0.1, -0.05) is 64.5 Å². The molecule has 3 rings (SSSR count). The van der Waals surface area contributed by atoms with Gasteiger partial charge in [0.25, 0.3) is 0 Å². The molecule has 0 saturated heterocycles. The predicted molar refractivity (Wildman–Crippen MR) is 124 cm³/mol. The SMILES string of the molecule is CC(C)(C)OC(=O)[C@](C)(Cc1ccc(Br)cc1)N=Cc1ccc2ccccc2c1. The van der Waals surface area contributed by atoms with E-state index in [0.717, 1.165) is 21.0 Å². The van der Waals surface area contributed by atoms with E-state index < -0.39 is 11.1 Å². The van der Waals surface area contributed by atoms with Crippen molar-refractivity contribution in [1.29, 1.82) is 0 Å². The number of aliphatic imine (C=N–C) groups is 1. The predicted octanol–water partition coefficient (Wildman–Crippen LogP) is 6.36. The van der Waals surface area contributed by atoms with Crippen molar-refractivity contribution >= 4 is 38.9 Å². The number of carbonyl (C=O) groups is 1. The van der Waals surface area contributed by atoms with Crippen LogP contribution in [0, 0.1) is 0 Å². The molecule has 0 heterocycles. The first-order valence-corrected chi connectivity index (χ1v) is 10.5. The summed E-state index contributed by atoms with van der Waals surface area (Å²) in [7, 11) is 0. The molecule has 0 radical (unpaired) electrons. The van der Waals surface area contributed by atoms with E-state index in [4.69, 9.17) is 9.73 Å². The first kappa shape index (κ1) is 21.3. The molecule has 0 fully saturated rings. The highest BCUT2D eigenvalue weighted by molar-refractivity contribution is 9.10. The number of esters is 1. The molecule has 3 aromatic rings. The van der Waals surface area contributed by atoms with Crippen molar-refractivity contribution in [3.05, 3.63) is 82.3 Å². The second-order valence-electron chi connectivity index (χ2n) is 8.44. The number of hydrogen-bond donors (Lipinski definition) is 0. The molecule has 0 saturated carbocycles. The number of carbonyl (C=O) groups excluding carboxylic acids is 1. The summed E-state index contributed by atoms with van der Waals surface area (Å²) in [6, 6.07) is 22.3. The molecule has 0 spiro atoms. The van der Waals surface area contributed by atoms with Crippen LogP contribution < -0.4 is 0 Å². The molecule has 3 aromatic carbocycles. The molecule has 150 valence electrons. The Morgan fingerprint density at radius 1 is 0.966 bits per heavy atom. The van der Waals surface area contributed by atoms with Crippen molar-refractivity contribution in [1.82, 2.24) is 0 Å². The minimum atomic E-state index is -1.02. The quantitative estimate of drug-likeness (QED) is 0.334. The van der Waals surface area contributed by atoms with Gasteiger partial charge in [-0.15, -0.1) is 0 Å². The van der Waals surface area contributed by atoms with Gasteiger partial charge in [-0.3, -0.25) is 4.99 Å². The van der Waals surface area contributed by atoms with Gasteiger partial charge in [0, 0.05) is 17.1 Å². The molecule has 0 N–H and O–H groups in total. The van der Waals surface area contributed by atoms with Gasteiger partial charge in [-0.05, 0) is 67.8 Å². The van der Waals surface area contributed by atoms with Crippen molar-refractivity contribution in [3.8, 4) is 0 Å². The lowest BCUT2D eigenvalue weighted by Gasteiger charge is -2.28. The van der Waals surface area contributed by atoms with Crippen LogP contribution in [0.2, 0.25) is 0 Å². The first-order chi connectivity index (χ1) is 13.6. The summed E-state index contributed by atoms with van der Waals surface area (Å²) in [5.74, 6) is -0.329. The number of halogens is 1. The summed E-state index contributed by atoms with van der Waals surface area (Å²) in [6.45, 7) is 7.45. The summed E-state index contributed by atoms with van der Waals surface area (Å²) in [5.41, 5.74) is 0.384. The van der Waals surface area contributed by atoms with E-state index in [1.165, 1.54) is 5.39 Å². The van der Waals surface area contributed by atoms with Crippen LogP contribution in [0.4, 0.5) is 0 Å². The van der Waals surface area contributed by atoms with E-state index >= 15 is 0 Å². The average Bonchev–Trinajstić information content (AvgIpc) is 2.67. The Balaban J connectivity index is 1.92. The van der Waals surface area contributed by atoms with Gasteiger partial charge >= 0.3 is 5.97 Å². The third kappa shape index (κ3) is 5.77. The monoisotopic (exact) mass is 451 g/mol. The third-order valence-corrected chi connectivity index (χ3v) is 5.10. The largest absolute Gasteiger partial charge is 0.458 e. The maximum absolute atomic E-state index is 13.0. The zero-order valence-corrected chi connectivity index (χ0v) is 18.9. The number of fused-ring (bicyclic) bond motifs is 1. The number of benzene rings is 3. The lowest BCUT2D eigenvalue weighted by atomic mass is 9.93.